The Bertz CT molecular complexity index is 1440. The van der Waals surface area contributed by atoms with Gasteiger partial charge in [0.15, 0.2) is 5.13 Å². The van der Waals surface area contributed by atoms with E-state index in [1.165, 1.54) is 0 Å². The summed E-state index contributed by atoms with van der Waals surface area (Å²) in [5.74, 6) is -0.228. The van der Waals surface area contributed by atoms with Crippen LogP contribution in [0.2, 0.25) is 0 Å². The summed E-state index contributed by atoms with van der Waals surface area (Å²) in [5, 5.41) is 6.91. The number of carbonyl (C=O) groups is 1. The number of para-hydroxylation sites is 2. The highest BCUT2D eigenvalue weighted by atomic mass is 32.1. The van der Waals surface area contributed by atoms with Gasteiger partial charge < -0.3 is 16.4 Å². The lowest BCUT2D eigenvalue weighted by Gasteiger charge is -2.09. The summed E-state index contributed by atoms with van der Waals surface area (Å²) < 4.78 is 2.02. The number of pyridine rings is 1. The topological polar surface area (TPSA) is 97.3 Å². The van der Waals surface area contributed by atoms with Crippen molar-refractivity contribution in [3.05, 3.63) is 89.6 Å². The van der Waals surface area contributed by atoms with Crippen molar-refractivity contribution in [1.82, 2.24) is 14.4 Å². The maximum absolute atomic E-state index is 12.7. The number of carbonyl (C=O) groups excluding carboxylic acids is 1. The molecule has 158 valence electrons. The number of anilines is 4. The van der Waals surface area contributed by atoms with Crippen molar-refractivity contribution in [2.45, 2.75) is 6.92 Å². The molecule has 5 aromatic rings. The van der Waals surface area contributed by atoms with E-state index in [4.69, 9.17) is 10.7 Å². The number of hydrogen-bond acceptors (Lipinski definition) is 6. The van der Waals surface area contributed by atoms with Crippen LogP contribution in [0.4, 0.5) is 22.2 Å². The Morgan fingerprint density at radius 3 is 2.78 bits per heavy atom. The number of nitrogen functional groups attached to an aromatic ring is 1. The normalized spacial score (nSPS) is 10.9. The van der Waals surface area contributed by atoms with Crippen LogP contribution in [0.25, 0.3) is 17.0 Å². The van der Waals surface area contributed by atoms with Crippen molar-refractivity contribution >= 4 is 45.1 Å². The molecular formula is C24H20N6OS. The third-order valence-corrected chi connectivity index (χ3v) is 5.93. The Morgan fingerprint density at radius 2 is 1.91 bits per heavy atom. The number of fused-ring (bicyclic) bond motifs is 1. The molecule has 0 fully saturated rings. The van der Waals surface area contributed by atoms with Crippen LogP contribution < -0.4 is 16.4 Å². The summed E-state index contributed by atoms with van der Waals surface area (Å²) in [6.07, 6.45) is 3.81. The minimum Gasteiger partial charge on any atom is -0.397 e. The molecule has 3 heterocycles. The van der Waals surface area contributed by atoms with Crippen molar-refractivity contribution < 1.29 is 4.79 Å². The molecule has 0 aliphatic carbocycles. The van der Waals surface area contributed by atoms with E-state index in [1.807, 2.05) is 66.2 Å². The first kappa shape index (κ1) is 19.8. The second-order valence-electron chi connectivity index (χ2n) is 7.24. The van der Waals surface area contributed by atoms with E-state index >= 15 is 0 Å². The van der Waals surface area contributed by atoms with E-state index < -0.39 is 0 Å². The molecule has 4 N–H and O–H groups in total. The van der Waals surface area contributed by atoms with Gasteiger partial charge in [0.2, 0.25) is 0 Å². The number of aryl methyl sites for hydroxylation is 1. The number of nitrogens with two attached hydrogens (primary N) is 1. The van der Waals surface area contributed by atoms with Gasteiger partial charge in [-0.05, 0) is 49.4 Å². The molecule has 2 aromatic carbocycles. The predicted octanol–water partition coefficient (Wildman–Crippen LogP) is 5.34. The molecule has 0 bridgehead atoms. The standard InChI is InChI=1S/C24H20N6OS/c1-15-22(20-14-26-21-11-4-5-12-30(20)21)29-24(32-15)27-17-8-6-7-16(13-17)23(31)28-19-10-3-2-9-18(19)25/h2-14H,25H2,1H3,(H,27,29)(H,28,31). The first-order valence-electron chi connectivity index (χ1n) is 10.0. The zero-order chi connectivity index (χ0) is 22.1. The average molecular weight is 441 g/mol. The van der Waals surface area contributed by atoms with E-state index in [0.29, 0.717) is 16.9 Å². The number of rotatable bonds is 5. The zero-order valence-electron chi connectivity index (χ0n) is 17.2. The molecule has 8 heteroatoms. The molecule has 3 aromatic heterocycles. The van der Waals surface area contributed by atoms with E-state index in [0.717, 1.165) is 32.7 Å². The molecule has 1 amide bonds. The fourth-order valence-electron chi connectivity index (χ4n) is 3.46. The Labute approximate surface area is 188 Å². The minimum atomic E-state index is -0.228. The largest absolute Gasteiger partial charge is 0.397 e. The van der Waals surface area contributed by atoms with Crippen LogP contribution >= 0.6 is 11.3 Å². The lowest BCUT2D eigenvalue weighted by atomic mass is 10.1. The molecule has 32 heavy (non-hydrogen) atoms. The molecular weight excluding hydrogens is 420 g/mol. The smallest absolute Gasteiger partial charge is 0.255 e. The third kappa shape index (κ3) is 3.79. The number of amides is 1. The summed E-state index contributed by atoms with van der Waals surface area (Å²) in [4.78, 5) is 23.0. The SMILES string of the molecule is Cc1sc(Nc2cccc(C(=O)Nc3ccccc3N)c2)nc1-c1cnc2ccccn12. The van der Waals surface area contributed by atoms with Crippen LogP contribution in [-0.2, 0) is 0 Å². The Balaban J connectivity index is 1.38. The predicted molar refractivity (Wildman–Crippen MR) is 130 cm³/mol. The van der Waals surface area contributed by atoms with Gasteiger partial charge in [-0.2, -0.15) is 0 Å². The van der Waals surface area contributed by atoms with Gasteiger partial charge in [0.05, 0.1) is 23.3 Å². The van der Waals surface area contributed by atoms with E-state index in [9.17, 15) is 4.79 Å². The summed E-state index contributed by atoms with van der Waals surface area (Å²) in [6.45, 7) is 2.04. The van der Waals surface area contributed by atoms with E-state index in [2.05, 4.69) is 15.6 Å². The minimum absolute atomic E-state index is 0.228. The van der Waals surface area contributed by atoms with Crippen molar-refractivity contribution in [2.24, 2.45) is 0 Å². The lowest BCUT2D eigenvalue weighted by Crippen LogP contribution is -2.13. The second kappa shape index (κ2) is 8.16. The highest BCUT2D eigenvalue weighted by Gasteiger charge is 2.15. The summed E-state index contributed by atoms with van der Waals surface area (Å²) >= 11 is 1.55. The number of hydrogen-bond donors (Lipinski definition) is 3. The van der Waals surface area contributed by atoms with Gasteiger partial charge in [0.1, 0.15) is 11.3 Å². The number of thiazole rings is 1. The molecule has 0 aliphatic heterocycles. The van der Waals surface area contributed by atoms with Crippen molar-refractivity contribution in [3.63, 3.8) is 0 Å². The summed E-state index contributed by atoms with van der Waals surface area (Å²) in [5.41, 5.74) is 11.0. The summed E-state index contributed by atoms with van der Waals surface area (Å²) in [6, 6.07) is 20.4. The first-order chi connectivity index (χ1) is 15.6. The van der Waals surface area contributed by atoms with Gasteiger partial charge in [-0.1, -0.05) is 24.3 Å². The van der Waals surface area contributed by atoms with Gasteiger partial charge in [-0.15, -0.1) is 11.3 Å². The molecule has 7 nitrogen and oxygen atoms in total. The maximum atomic E-state index is 12.7. The molecule has 0 unspecified atom stereocenters. The number of benzene rings is 2. The zero-order valence-corrected chi connectivity index (χ0v) is 18.1. The van der Waals surface area contributed by atoms with Crippen LogP contribution in [0.1, 0.15) is 15.2 Å². The molecule has 0 saturated carbocycles. The Hall–Kier alpha value is -4.17. The Kier molecular flexibility index (Phi) is 5.04. The fourth-order valence-corrected chi connectivity index (χ4v) is 4.30. The molecule has 0 saturated heterocycles. The quantitative estimate of drug-likeness (QED) is 0.320. The van der Waals surface area contributed by atoms with Crippen LogP contribution in [0.3, 0.4) is 0 Å². The molecule has 0 aliphatic rings. The van der Waals surface area contributed by atoms with Crippen LogP contribution in [0.15, 0.2) is 79.1 Å². The van der Waals surface area contributed by atoms with Gasteiger partial charge in [-0.25, -0.2) is 9.97 Å². The van der Waals surface area contributed by atoms with Crippen molar-refractivity contribution in [1.29, 1.82) is 0 Å². The van der Waals surface area contributed by atoms with Gasteiger partial charge in [-0.3, -0.25) is 9.20 Å². The van der Waals surface area contributed by atoms with Crippen molar-refractivity contribution in [3.8, 4) is 11.4 Å². The monoisotopic (exact) mass is 440 g/mol. The van der Waals surface area contributed by atoms with E-state index in [-0.39, 0.29) is 5.91 Å². The molecule has 0 spiro atoms. The number of nitrogens with one attached hydrogen (secondary N) is 2. The maximum Gasteiger partial charge on any atom is 0.255 e. The highest BCUT2D eigenvalue weighted by Crippen LogP contribution is 2.32. The highest BCUT2D eigenvalue weighted by molar-refractivity contribution is 7.16. The van der Waals surface area contributed by atoms with Gasteiger partial charge in [0, 0.05) is 22.3 Å². The Morgan fingerprint density at radius 1 is 1.06 bits per heavy atom. The van der Waals surface area contributed by atoms with E-state index in [1.54, 1.807) is 35.6 Å². The second-order valence-corrected chi connectivity index (χ2v) is 8.45. The fraction of sp³-hybridized carbons (Fsp3) is 0.0417. The third-order valence-electron chi connectivity index (χ3n) is 5.04. The average Bonchev–Trinajstić information content (AvgIpc) is 3.38. The van der Waals surface area contributed by atoms with Crippen LogP contribution in [0.5, 0.6) is 0 Å². The number of nitrogens with zero attached hydrogens (tertiary/aromatic N) is 3. The molecule has 0 atom stereocenters. The lowest BCUT2D eigenvalue weighted by molar-refractivity contribution is 0.102. The summed E-state index contributed by atoms with van der Waals surface area (Å²) in [7, 11) is 0. The van der Waals surface area contributed by atoms with Crippen LogP contribution in [0, 0.1) is 6.92 Å². The van der Waals surface area contributed by atoms with Crippen molar-refractivity contribution in [2.75, 3.05) is 16.4 Å². The van der Waals surface area contributed by atoms with Crippen LogP contribution in [-0.4, -0.2) is 20.3 Å². The van der Waals surface area contributed by atoms with Gasteiger partial charge in [0.25, 0.3) is 5.91 Å². The first-order valence-corrected chi connectivity index (χ1v) is 10.8. The van der Waals surface area contributed by atoms with Gasteiger partial charge >= 0.3 is 0 Å². The number of aromatic nitrogens is 3. The molecule has 0 radical (unpaired) electrons. The number of imidazole rings is 1. The molecule has 5 rings (SSSR count).